The maximum absolute atomic E-state index is 12.5. The number of rotatable bonds is 6. The standard InChI is InChI=1S/C17H23NO5/c1-12(17(20)21)18(2)16(19)15-6-4-3-5-13(15)11-23-14-7-9-22-10-8-14/h3-6,12,14H,7-11H2,1-2H3,(H,20,21)/t12-/m1/s1. The molecule has 1 aromatic carbocycles. The van der Waals surface area contributed by atoms with E-state index in [0.717, 1.165) is 18.4 Å². The Morgan fingerprint density at radius 3 is 2.65 bits per heavy atom. The Kier molecular flexibility index (Phi) is 6.12. The molecule has 0 spiro atoms. The van der Waals surface area contributed by atoms with Gasteiger partial charge in [0.15, 0.2) is 0 Å². The van der Waals surface area contributed by atoms with E-state index in [0.29, 0.717) is 25.4 Å². The molecule has 0 bridgehead atoms. The van der Waals surface area contributed by atoms with Crippen LogP contribution >= 0.6 is 0 Å². The lowest BCUT2D eigenvalue weighted by atomic mass is 10.1. The van der Waals surface area contributed by atoms with Gasteiger partial charge in [-0.15, -0.1) is 0 Å². The molecule has 1 fully saturated rings. The first-order valence-electron chi connectivity index (χ1n) is 7.78. The molecule has 0 aromatic heterocycles. The number of hydrogen-bond donors (Lipinski definition) is 1. The molecule has 6 heteroatoms. The van der Waals surface area contributed by atoms with Gasteiger partial charge in [0.25, 0.3) is 5.91 Å². The fourth-order valence-corrected chi connectivity index (χ4v) is 2.44. The van der Waals surface area contributed by atoms with Crippen molar-refractivity contribution in [2.45, 2.75) is 38.5 Å². The fraction of sp³-hybridized carbons (Fsp3) is 0.529. The molecule has 0 saturated carbocycles. The highest BCUT2D eigenvalue weighted by molar-refractivity contribution is 5.97. The number of hydrogen-bond acceptors (Lipinski definition) is 4. The first-order chi connectivity index (χ1) is 11.0. The number of carbonyl (C=O) groups excluding carboxylic acids is 1. The number of nitrogens with zero attached hydrogens (tertiary/aromatic N) is 1. The van der Waals surface area contributed by atoms with E-state index >= 15 is 0 Å². The van der Waals surface area contributed by atoms with Gasteiger partial charge in [0.1, 0.15) is 6.04 Å². The molecule has 1 aliphatic heterocycles. The average Bonchev–Trinajstić information content (AvgIpc) is 2.59. The van der Waals surface area contributed by atoms with Gasteiger partial charge < -0.3 is 19.5 Å². The van der Waals surface area contributed by atoms with Gasteiger partial charge in [0.05, 0.1) is 12.7 Å². The molecule has 126 valence electrons. The number of likely N-dealkylation sites (N-methyl/N-ethyl adjacent to an activating group) is 1. The molecule has 1 amide bonds. The van der Waals surface area contributed by atoms with E-state index in [9.17, 15) is 9.59 Å². The minimum Gasteiger partial charge on any atom is -0.480 e. The monoisotopic (exact) mass is 321 g/mol. The fourth-order valence-electron chi connectivity index (χ4n) is 2.44. The molecule has 1 aromatic rings. The van der Waals surface area contributed by atoms with Gasteiger partial charge in [0.2, 0.25) is 0 Å². The van der Waals surface area contributed by atoms with E-state index in [4.69, 9.17) is 14.6 Å². The maximum atomic E-state index is 12.5. The van der Waals surface area contributed by atoms with Crippen LogP contribution in [0.15, 0.2) is 24.3 Å². The predicted molar refractivity (Wildman–Crippen MR) is 84.3 cm³/mol. The van der Waals surface area contributed by atoms with E-state index in [-0.39, 0.29) is 12.0 Å². The van der Waals surface area contributed by atoms with E-state index in [1.165, 1.54) is 18.9 Å². The van der Waals surface area contributed by atoms with E-state index in [1.54, 1.807) is 12.1 Å². The van der Waals surface area contributed by atoms with Crippen molar-refractivity contribution in [3.63, 3.8) is 0 Å². The normalized spacial score (nSPS) is 16.8. The van der Waals surface area contributed by atoms with Crippen LogP contribution in [-0.4, -0.2) is 54.3 Å². The molecule has 0 radical (unpaired) electrons. The van der Waals surface area contributed by atoms with Crippen molar-refractivity contribution >= 4 is 11.9 Å². The van der Waals surface area contributed by atoms with Crippen molar-refractivity contribution in [3.8, 4) is 0 Å². The quantitative estimate of drug-likeness (QED) is 0.866. The van der Waals surface area contributed by atoms with Gasteiger partial charge in [-0.1, -0.05) is 18.2 Å². The van der Waals surface area contributed by atoms with Gasteiger partial charge >= 0.3 is 5.97 Å². The molecular formula is C17H23NO5. The zero-order chi connectivity index (χ0) is 16.8. The summed E-state index contributed by atoms with van der Waals surface area (Å²) in [6.07, 6.45) is 1.85. The SMILES string of the molecule is C[C@H](C(=O)O)N(C)C(=O)c1ccccc1COC1CCOCC1. The Bertz CT molecular complexity index is 554. The molecule has 0 unspecified atom stereocenters. The molecule has 0 aliphatic carbocycles. The summed E-state index contributed by atoms with van der Waals surface area (Å²) < 4.78 is 11.2. The van der Waals surface area contributed by atoms with Crippen LogP contribution in [0, 0.1) is 0 Å². The van der Waals surface area contributed by atoms with Crippen molar-refractivity contribution in [3.05, 3.63) is 35.4 Å². The summed E-state index contributed by atoms with van der Waals surface area (Å²) in [7, 11) is 1.50. The second-order valence-corrected chi connectivity index (χ2v) is 5.71. The number of carboxylic acids is 1. The zero-order valence-corrected chi connectivity index (χ0v) is 13.5. The minimum absolute atomic E-state index is 0.141. The van der Waals surface area contributed by atoms with E-state index in [1.807, 2.05) is 12.1 Å². The number of ether oxygens (including phenoxy) is 2. The lowest BCUT2D eigenvalue weighted by molar-refractivity contribution is -0.141. The molecule has 1 N–H and O–H groups in total. The van der Waals surface area contributed by atoms with Crippen LogP contribution in [0.2, 0.25) is 0 Å². The molecule has 6 nitrogen and oxygen atoms in total. The summed E-state index contributed by atoms with van der Waals surface area (Å²) >= 11 is 0. The topological polar surface area (TPSA) is 76.1 Å². The highest BCUT2D eigenvalue weighted by Crippen LogP contribution is 2.17. The van der Waals surface area contributed by atoms with Crippen LogP contribution in [0.4, 0.5) is 0 Å². The Labute approximate surface area is 136 Å². The van der Waals surface area contributed by atoms with Gasteiger partial charge in [-0.05, 0) is 31.4 Å². The largest absolute Gasteiger partial charge is 0.480 e. The summed E-state index contributed by atoms with van der Waals surface area (Å²) in [5.74, 6) is -1.34. The van der Waals surface area contributed by atoms with Crippen LogP contribution in [0.3, 0.4) is 0 Å². The number of amides is 1. The van der Waals surface area contributed by atoms with Gasteiger partial charge in [0, 0.05) is 25.8 Å². The Hall–Kier alpha value is -1.92. The summed E-state index contributed by atoms with van der Waals surface area (Å²) in [5, 5.41) is 9.06. The molecule has 1 atom stereocenters. The first-order valence-corrected chi connectivity index (χ1v) is 7.78. The van der Waals surface area contributed by atoms with Crippen molar-refractivity contribution in [1.82, 2.24) is 4.90 Å². The zero-order valence-electron chi connectivity index (χ0n) is 13.5. The van der Waals surface area contributed by atoms with Crippen molar-refractivity contribution in [2.24, 2.45) is 0 Å². The maximum Gasteiger partial charge on any atom is 0.326 e. The van der Waals surface area contributed by atoms with Crippen molar-refractivity contribution in [2.75, 3.05) is 20.3 Å². The molecule has 23 heavy (non-hydrogen) atoms. The first kappa shape index (κ1) is 17.4. The van der Waals surface area contributed by atoms with Crippen molar-refractivity contribution in [1.29, 1.82) is 0 Å². The second-order valence-electron chi connectivity index (χ2n) is 5.71. The summed E-state index contributed by atoms with van der Waals surface area (Å²) in [6, 6.07) is 6.28. The van der Waals surface area contributed by atoms with Crippen molar-refractivity contribution < 1.29 is 24.2 Å². The Balaban J connectivity index is 2.07. The number of benzene rings is 1. The third-order valence-corrected chi connectivity index (χ3v) is 4.15. The third kappa shape index (κ3) is 4.53. The van der Waals surface area contributed by atoms with Gasteiger partial charge in [-0.3, -0.25) is 4.79 Å². The molecule has 1 heterocycles. The van der Waals surface area contributed by atoms with E-state index in [2.05, 4.69) is 0 Å². The van der Waals surface area contributed by atoms with Crippen LogP contribution < -0.4 is 0 Å². The van der Waals surface area contributed by atoms with Crippen LogP contribution in [0.5, 0.6) is 0 Å². The minimum atomic E-state index is -1.03. The Morgan fingerprint density at radius 1 is 1.35 bits per heavy atom. The second kappa shape index (κ2) is 8.08. The molecular weight excluding hydrogens is 298 g/mol. The molecule has 1 aliphatic rings. The predicted octanol–water partition coefficient (Wildman–Crippen LogP) is 1.93. The number of carboxylic acid groups (broad SMARTS) is 1. The highest BCUT2D eigenvalue weighted by Gasteiger charge is 2.24. The van der Waals surface area contributed by atoms with Crippen LogP contribution in [0.1, 0.15) is 35.7 Å². The lowest BCUT2D eigenvalue weighted by Gasteiger charge is -2.24. The van der Waals surface area contributed by atoms with Gasteiger partial charge in [-0.25, -0.2) is 4.79 Å². The summed E-state index contributed by atoms with van der Waals surface area (Å²) in [5.41, 5.74) is 1.25. The molecule has 2 rings (SSSR count). The average molecular weight is 321 g/mol. The van der Waals surface area contributed by atoms with E-state index < -0.39 is 12.0 Å². The lowest BCUT2D eigenvalue weighted by Crippen LogP contribution is -2.40. The smallest absolute Gasteiger partial charge is 0.326 e. The summed E-state index contributed by atoms with van der Waals surface area (Å²) in [6.45, 7) is 3.22. The van der Waals surface area contributed by atoms with Crippen LogP contribution in [0.25, 0.3) is 0 Å². The Morgan fingerprint density at radius 2 is 2.00 bits per heavy atom. The van der Waals surface area contributed by atoms with Crippen LogP contribution in [-0.2, 0) is 20.9 Å². The molecule has 1 saturated heterocycles. The third-order valence-electron chi connectivity index (χ3n) is 4.15. The number of aliphatic carboxylic acids is 1. The summed E-state index contributed by atoms with van der Waals surface area (Å²) in [4.78, 5) is 24.8. The number of carbonyl (C=O) groups is 2. The van der Waals surface area contributed by atoms with Gasteiger partial charge in [-0.2, -0.15) is 0 Å². The highest BCUT2D eigenvalue weighted by atomic mass is 16.5.